The summed E-state index contributed by atoms with van der Waals surface area (Å²) in [6, 6.07) is 0.435. The van der Waals surface area contributed by atoms with Gasteiger partial charge < -0.3 is 5.43 Å². The minimum atomic E-state index is 0.435. The molecular formula is C9H12N2. The first-order valence-corrected chi connectivity index (χ1v) is 4.00. The summed E-state index contributed by atoms with van der Waals surface area (Å²) in [5, 5.41) is 2.11. The van der Waals surface area contributed by atoms with Gasteiger partial charge in [0.15, 0.2) is 0 Å². The maximum Gasteiger partial charge on any atom is 0.0879 e. The van der Waals surface area contributed by atoms with E-state index in [1.807, 2.05) is 6.20 Å². The predicted molar refractivity (Wildman–Crippen MR) is 45.4 cm³/mol. The molecule has 0 radical (unpaired) electrons. The van der Waals surface area contributed by atoms with Gasteiger partial charge >= 0.3 is 0 Å². The molecular weight excluding hydrogens is 136 g/mol. The molecule has 2 aliphatic rings. The Hall–Kier alpha value is -1.18. The zero-order valence-electron chi connectivity index (χ0n) is 6.62. The van der Waals surface area contributed by atoms with E-state index < -0.39 is 0 Å². The topological polar surface area (TPSA) is 15.3 Å². The highest BCUT2D eigenvalue weighted by molar-refractivity contribution is 5.28. The van der Waals surface area contributed by atoms with Gasteiger partial charge in [0.25, 0.3) is 0 Å². The molecule has 2 nitrogen and oxygen atoms in total. The van der Waals surface area contributed by atoms with Gasteiger partial charge in [-0.1, -0.05) is 19.1 Å². The molecule has 0 spiro atoms. The van der Waals surface area contributed by atoms with Gasteiger partial charge in [0.2, 0.25) is 0 Å². The Balaban J connectivity index is 2.18. The fourth-order valence-electron chi connectivity index (χ4n) is 1.34. The summed E-state index contributed by atoms with van der Waals surface area (Å²) in [5.74, 6) is 0. The van der Waals surface area contributed by atoms with E-state index in [-0.39, 0.29) is 0 Å². The van der Waals surface area contributed by atoms with Crippen molar-refractivity contribution < 1.29 is 0 Å². The van der Waals surface area contributed by atoms with Crippen LogP contribution in [0, 0.1) is 0 Å². The molecule has 2 heterocycles. The molecule has 0 bridgehead atoms. The van der Waals surface area contributed by atoms with Crippen molar-refractivity contribution in [1.82, 2.24) is 10.4 Å². The van der Waals surface area contributed by atoms with Crippen LogP contribution in [0.25, 0.3) is 0 Å². The van der Waals surface area contributed by atoms with Crippen LogP contribution in [-0.4, -0.2) is 11.1 Å². The van der Waals surface area contributed by atoms with Gasteiger partial charge in [-0.25, -0.2) is 0 Å². The molecule has 2 heteroatoms. The van der Waals surface area contributed by atoms with Gasteiger partial charge in [0.1, 0.15) is 0 Å². The van der Waals surface area contributed by atoms with Crippen molar-refractivity contribution in [2.75, 3.05) is 0 Å². The van der Waals surface area contributed by atoms with Crippen molar-refractivity contribution in [2.24, 2.45) is 0 Å². The summed E-state index contributed by atoms with van der Waals surface area (Å²) in [6.07, 6.45) is 11.8. The fraction of sp³-hybridized carbons (Fsp3) is 0.333. The second-order valence-corrected chi connectivity index (χ2v) is 2.80. The number of rotatable bonds is 1. The van der Waals surface area contributed by atoms with Gasteiger partial charge in [0, 0.05) is 12.4 Å². The minimum absolute atomic E-state index is 0.435. The second kappa shape index (κ2) is 2.46. The lowest BCUT2D eigenvalue weighted by Gasteiger charge is -2.24. The van der Waals surface area contributed by atoms with E-state index >= 15 is 0 Å². The Morgan fingerprint density at radius 1 is 1.55 bits per heavy atom. The van der Waals surface area contributed by atoms with Crippen LogP contribution < -0.4 is 5.43 Å². The number of fused-ring (bicyclic) bond motifs is 1. The highest BCUT2D eigenvalue weighted by Gasteiger charge is 2.16. The molecule has 0 saturated heterocycles. The molecule has 0 aromatic rings. The summed E-state index contributed by atoms with van der Waals surface area (Å²) in [5.41, 5.74) is 4.52. The molecule has 0 aliphatic carbocycles. The van der Waals surface area contributed by atoms with Crippen LogP contribution in [0.1, 0.15) is 13.3 Å². The van der Waals surface area contributed by atoms with E-state index in [2.05, 4.69) is 41.8 Å². The molecule has 1 atom stereocenters. The minimum Gasteiger partial charge on any atom is -0.306 e. The molecule has 0 aromatic carbocycles. The number of hydrogen-bond acceptors (Lipinski definition) is 2. The molecule has 1 unspecified atom stereocenters. The zero-order valence-corrected chi connectivity index (χ0v) is 6.62. The Bertz CT molecular complexity index is 238. The average molecular weight is 148 g/mol. The van der Waals surface area contributed by atoms with E-state index in [0.29, 0.717) is 6.04 Å². The van der Waals surface area contributed by atoms with Gasteiger partial charge in [-0.15, -0.1) is 0 Å². The Morgan fingerprint density at radius 3 is 3.27 bits per heavy atom. The molecule has 1 N–H and O–H groups in total. The summed E-state index contributed by atoms with van der Waals surface area (Å²) < 4.78 is 0. The Morgan fingerprint density at radius 2 is 2.45 bits per heavy atom. The van der Waals surface area contributed by atoms with E-state index in [4.69, 9.17) is 0 Å². The van der Waals surface area contributed by atoms with Crippen LogP contribution >= 0.6 is 0 Å². The van der Waals surface area contributed by atoms with Gasteiger partial charge in [-0.2, -0.15) is 0 Å². The van der Waals surface area contributed by atoms with Gasteiger partial charge in [-0.05, 0) is 18.1 Å². The highest BCUT2D eigenvalue weighted by atomic mass is 15.5. The first-order chi connectivity index (χ1) is 5.40. The summed E-state index contributed by atoms with van der Waals surface area (Å²) in [6.45, 7) is 2.17. The lowest BCUT2D eigenvalue weighted by Crippen LogP contribution is -2.32. The van der Waals surface area contributed by atoms with Crippen LogP contribution in [0.15, 0.2) is 36.2 Å². The van der Waals surface area contributed by atoms with Crippen molar-refractivity contribution in [3.63, 3.8) is 0 Å². The lowest BCUT2D eigenvalue weighted by atomic mass is 10.1. The van der Waals surface area contributed by atoms with E-state index in [0.717, 1.165) is 6.42 Å². The summed E-state index contributed by atoms with van der Waals surface area (Å²) in [7, 11) is 0. The molecule has 2 aliphatic heterocycles. The van der Waals surface area contributed by atoms with Crippen LogP contribution in [0.5, 0.6) is 0 Å². The van der Waals surface area contributed by atoms with E-state index in [9.17, 15) is 0 Å². The number of nitrogens with zero attached hydrogens (tertiary/aromatic N) is 1. The van der Waals surface area contributed by atoms with Crippen LogP contribution in [0.4, 0.5) is 0 Å². The smallest absolute Gasteiger partial charge is 0.0879 e. The maximum atomic E-state index is 3.15. The quantitative estimate of drug-likeness (QED) is 0.607. The molecule has 0 saturated carbocycles. The Kier molecular flexibility index (Phi) is 1.46. The lowest BCUT2D eigenvalue weighted by molar-refractivity contribution is 0.320. The third-order valence-electron chi connectivity index (χ3n) is 2.06. The largest absolute Gasteiger partial charge is 0.306 e. The van der Waals surface area contributed by atoms with Crippen molar-refractivity contribution in [1.29, 1.82) is 0 Å². The predicted octanol–water partition coefficient (Wildman–Crippen LogP) is 1.55. The number of nitrogens with one attached hydrogen (secondary N) is 1. The fourth-order valence-corrected chi connectivity index (χ4v) is 1.34. The van der Waals surface area contributed by atoms with E-state index in [1.54, 1.807) is 0 Å². The summed E-state index contributed by atoms with van der Waals surface area (Å²) in [4.78, 5) is 0. The number of allylic oxidation sites excluding steroid dienone is 2. The van der Waals surface area contributed by atoms with Crippen LogP contribution in [-0.2, 0) is 0 Å². The first kappa shape index (κ1) is 6.53. The third kappa shape index (κ3) is 1.04. The van der Waals surface area contributed by atoms with Crippen LogP contribution in [0.3, 0.4) is 0 Å². The number of hydrogen-bond donors (Lipinski definition) is 1. The molecule has 2 rings (SSSR count). The third-order valence-corrected chi connectivity index (χ3v) is 2.06. The standard InChI is InChI=1S/C9H12N2/c1-2-8-3-4-9-5-6-10-11(9)7-8/h3-7,9-10H,2H2,1H3. The molecule has 58 valence electrons. The maximum absolute atomic E-state index is 3.15. The summed E-state index contributed by atoms with van der Waals surface area (Å²) >= 11 is 0. The van der Waals surface area contributed by atoms with Gasteiger partial charge in [-0.3, -0.25) is 5.01 Å². The van der Waals surface area contributed by atoms with Gasteiger partial charge in [0.05, 0.1) is 6.04 Å². The van der Waals surface area contributed by atoms with Crippen molar-refractivity contribution in [3.8, 4) is 0 Å². The highest BCUT2D eigenvalue weighted by Crippen LogP contribution is 2.17. The van der Waals surface area contributed by atoms with Crippen molar-refractivity contribution in [3.05, 3.63) is 36.2 Å². The molecule has 0 fully saturated rings. The zero-order chi connectivity index (χ0) is 7.68. The second-order valence-electron chi connectivity index (χ2n) is 2.80. The monoisotopic (exact) mass is 148 g/mol. The van der Waals surface area contributed by atoms with Crippen LogP contribution in [0.2, 0.25) is 0 Å². The first-order valence-electron chi connectivity index (χ1n) is 4.00. The molecule has 0 amide bonds. The van der Waals surface area contributed by atoms with Crippen molar-refractivity contribution >= 4 is 0 Å². The SMILES string of the molecule is CCC1=CN2NC=CC2C=C1. The molecule has 11 heavy (non-hydrogen) atoms. The molecule has 0 aromatic heterocycles. The average Bonchev–Trinajstić information content (AvgIpc) is 2.50. The normalized spacial score (nSPS) is 26.5. The van der Waals surface area contributed by atoms with E-state index in [1.165, 1.54) is 5.57 Å². The number of hydrazine groups is 1. The Labute approximate surface area is 66.9 Å². The van der Waals surface area contributed by atoms with Crippen molar-refractivity contribution in [2.45, 2.75) is 19.4 Å².